The van der Waals surface area contributed by atoms with Gasteiger partial charge in [0.15, 0.2) is 0 Å². The first-order valence-corrected chi connectivity index (χ1v) is 4.81. The number of aryl methyl sites for hydroxylation is 2. The summed E-state index contributed by atoms with van der Waals surface area (Å²) in [6.07, 6.45) is 1.27. The number of rotatable bonds is 4. The summed E-state index contributed by atoms with van der Waals surface area (Å²) in [5, 5.41) is 0. The van der Waals surface area contributed by atoms with E-state index in [1.165, 1.54) is 5.56 Å². The van der Waals surface area contributed by atoms with Gasteiger partial charge in [-0.15, -0.1) is 0 Å². The van der Waals surface area contributed by atoms with Crippen LogP contribution in [0, 0.1) is 13.8 Å². The van der Waals surface area contributed by atoms with Crippen molar-refractivity contribution in [3.8, 4) is 5.75 Å². The van der Waals surface area contributed by atoms with Gasteiger partial charge >= 0.3 is 0 Å². The lowest BCUT2D eigenvalue weighted by Crippen LogP contribution is -2.12. The lowest BCUT2D eigenvalue weighted by molar-refractivity contribution is -0.109. The molecule has 1 unspecified atom stereocenters. The molecular weight excluding hydrogens is 176 g/mol. The molecule has 0 aliphatic rings. The molecule has 0 aliphatic heterocycles. The van der Waals surface area contributed by atoms with Gasteiger partial charge in [-0.05, 0) is 32.4 Å². The van der Waals surface area contributed by atoms with Crippen molar-refractivity contribution in [2.24, 2.45) is 0 Å². The highest BCUT2D eigenvalue weighted by molar-refractivity contribution is 5.50. The number of carbonyl (C=O) groups excluding carboxylic acids is 1. The molecule has 1 rings (SSSR count). The molecular formula is C12H16O2. The van der Waals surface area contributed by atoms with E-state index >= 15 is 0 Å². The first-order chi connectivity index (χ1) is 6.63. The van der Waals surface area contributed by atoms with E-state index in [4.69, 9.17) is 4.74 Å². The quantitative estimate of drug-likeness (QED) is 0.685. The third kappa shape index (κ3) is 2.87. The van der Waals surface area contributed by atoms with Gasteiger partial charge in [-0.2, -0.15) is 0 Å². The lowest BCUT2D eigenvalue weighted by atomic mass is 10.1. The lowest BCUT2D eigenvalue weighted by Gasteiger charge is -2.14. The second-order valence-corrected chi connectivity index (χ2v) is 3.60. The maximum Gasteiger partial charge on any atom is 0.123 e. The van der Waals surface area contributed by atoms with Crippen LogP contribution in [0.15, 0.2) is 18.2 Å². The maximum atomic E-state index is 10.3. The van der Waals surface area contributed by atoms with Crippen LogP contribution < -0.4 is 4.74 Å². The van der Waals surface area contributed by atoms with E-state index in [1.54, 1.807) is 0 Å². The number of hydrogen-bond donors (Lipinski definition) is 0. The Morgan fingerprint density at radius 1 is 1.43 bits per heavy atom. The molecule has 0 bridgehead atoms. The van der Waals surface area contributed by atoms with Gasteiger partial charge in [0.25, 0.3) is 0 Å². The average molecular weight is 192 g/mol. The minimum atomic E-state index is -0.0473. The summed E-state index contributed by atoms with van der Waals surface area (Å²) < 4.78 is 5.61. The number of carbonyl (C=O) groups is 1. The second-order valence-electron chi connectivity index (χ2n) is 3.60. The number of hydrogen-bond acceptors (Lipinski definition) is 2. The van der Waals surface area contributed by atoms with Crippen molar-refractivity contribution in [2.45, 2.75) is 33.3 Å². The van der Waals surface area contributed by atoms with E-state index in [0.29, 0.717) is 6.42 Å². The molecule has 0 saturated heterocycles. The first kappa shape index (κ1) is 10.8. The van der Waals surface area contributed by atoms with Crippen molar-refractivity contribution < 1.29 is 9.53 Å². The van der Waals surface area contributed by atoms with Gasteiger partial charge in [-0.25, -0.2) is 0 Å². The number of benzene rings is 1. The normalized spacial score (nSPS) is 12.2. The Kier molecular flexibility index (Phi) is 3.69. The van der Waals surface area contributed by atoms with E-state index in [1.807, 2.05) is 32.9 Å². The van der Waals surface area contributed by atoms with Crippen LogP contribution in [0.3, 0.4) is 0 Å². The molecule has 0 radical (unpaired) electrons. The number of aldehydes is 1. The second kappa shape index (κ2) is 4.80. The van der Waals surface area contributed by atoms with Crippen LogP contribution in [-0.4, -0.2) is 12.4 Å². The molecule has 0 aromatic heterocycles. The summed E-state index contributed by atoms with van der Waals surface area (Å²) in [4.78, 5) is 10.3. The fourth-order valence-corrected chi connectivity index (χ4v) is 1.33. The van der Waals surface area contributed by atoms with E-state index in [2.05, 4.69) is 6.07 Å². The zero-order chi connectivity index (χ0) is 10.6. The monoisotopic (exact) mass is 192 g/mol. The largest absolute Gasteiger partial charge is 0.490 e. The molecule has 0 N–H and O–H groups in total. The molecule has 14 heavy (non-hydrogen) atoms. The summed E-state index contributed by atoms with van der Waals surface area (Å²) in [5.74, 6) is 0.866. The van der Waals surface area contributed by atoms with Crippen LogP contribution in [-0.2, 0) is 4.79 Å². The maximum absolute atomic E-state index is 10.3. The Labute approximate surface area is 84.9 Å². The summed E-state index contributed by atoms with van der Waals surface area (Å²) in [6, 6.07) is 6.03. The van der Waals surface area contributed by atoms with Crippen LogP contribution in [0.4, 0.5) is 0 Å². The van der Waals surface area contributed by atoms with Gasteiger partial charge in [0.1, 0.15) is 18.1 Å². The Morgan fingerprint density at radius 2 is 2.14 bits per heavy atom. The predicted molar refractivity (Wildman–Crippen MR) is 56.7 cm³/mol. The van der Waals surface area contributed by atoms with Crippen LogP contribution in [0.2, 0.25) is 0 Å². The molecule has 0 aliphatic carbocycles. The van der Waals surface area contributed by atoms with E-state index in [0.717, 1.165) is 17.6 Å². The highest BCUT2D eigenvalue weighted by atomic mass is 16.5. The molecule has 2 nitrogen and oxygen atoms in total. The molecule has 0 saturated carbocycles. The molecule has 1 aromatic rings. The molecule has 76 valence electrons. The summed E-state index contributed by atoms with van der Waals surface area (Å²) in [5.41, 5.74) is 2.33. The van der Waals surface area contributed by atoms with E-state index in [-0.39, 0.29) is 6.10 Å². The fourth-order valence-electron chi connectivity index (χ4n) is 1.33. The SMILES string of the molecule is Cc1ccc(OC(C)CC=O)c(C)c1. The summed E-state index contributed by atoms with van der Waals surface area (Å²) >= 11 is 0. The molecule has 2 heteroatoms. The van der Waals surface area contributed by atoms with Gasteiger partial charge in [0.2, 0.25) is 0 Å². The van der Waals surface area contributed by atoms with Crippen molar-refractivity contribution in [3.63, 3.8) is 0 Å². The van der Waals surface area contributed by atoms with E-state index in [9.17, 15) is 4.79 Å². The summed E-state index contributed by atoms with van der Waals surface area (Å²) in [6.45, 7) is 5.95. The minimum Gasteiger partial charge on any atom is -0.490 e. The molecule has 0 heterocycles. The van der Waals surface area contributed by atoms with Gasteiger partial charge in [0, 0.05) is 6.42 Å². The van der Waals surface area contributed by atoms with Crippen LogP contribution >= 0.6 is 0 Å². The molecule has 0 spiro atoms. The van der Waals surface area contributed by atoms with Crippen molar-refractivity contribution in [1.29, 1.82) is 0 Å². The van der Waals surface area contributed by atoms with Crippen molar-refractivity contribution >= 4 is 6.29 Å². The smallest absolute Gasteiger partial charge is 0.123 e. The van der Waals surface area contributed by atoms with E-state index < -0.39 is 0 Å². The standard InChI is InChI=1S/C12H16O2/c1-9-4-5-12(10(2)8-9)14-11(3)6-7-13/h4-5,7-8,11H,6H2,1-3H3. The average Bonchev–Trinajstić information content (AvgIpc) is 2.10. The highest BCUT2D eigenvalue weighted by Gasteiger charge is 2.05. The number of ether oxygens (including phenoxy) is 1. The zero-order valence-corrected chi connectivity index (χ0v) is 8.91. The predicted octanol–water partition coefficient (Wildman–Crippen LogP) is 2.66. The molecule has 1 aromatic carbocycles. The molecule has 0 fully saturated rings. The topological polar surface area (TPSA) is 26.3 Å². The van der Waals surface area contributed by atoms with Crippen LogP contribution in [0.5, 0.6) is 5.75 Å². The van der Waals surface area contributed by atoms with Gasteiger partial charge in [-0.3, -0.25) is 0 Å². The van der Waals surface area contributed by atoms with Crippen LogP contribution in [0.25, 0.3) is 0 Å². The summed E-state index contributed by atoms with van der Waals surface area (Å²) in [7, 11) is 0. The Morgan fingerprint density at radius 3 is 2.71 bits per heavy atom. The zero-order valence-electron chi connectivity index (χ0n) is 8.91. The molecule has 1 atom stereocenters. The van der Waals surface area contributed by atoms with Gasteiger partial charge in [-0.1, -0.05) is 17.7 Å². The van der Waals surface area contributed by atoms with Crippen LogP contribution in [0.1, 0.15) is 24.5 Å². The van der Waals surface area contributed by atoms with Crippen molar-refractivity contribution in [1.82, 2.24) is 0 Å². The van der Waals surface area contributed by atoms with Gasteiger partial charge < -0.3 is 9.53 Å². The minimum absolute atomic E-state index is 0.0473. The Bertz CT molecular complexity index is 318. The Hall–Kier alpha value is -1.31. The van der Waals surface area contributed by atoms with Crippen molar-refractivity contribution in [3.05, 3.63) is 29.3 Å². The fraction of sp³-hybridized carbons (Fsp3) is 0.417. The third-order valence-electron chi connectivity index (χ3n) is 2.09. The van der Waals surface area contributed by atoms with Crippen molar-refractivity contribution in [2.75, 3.05) is 0 Å². The Balaban J connectivity index is 2.71. The highest BCUT2D eigenvalue weighted by Crippen LogP contribution is 2.20. The third-order valence-corrected chi connectivity index (χ3v) is 2.09. The molecule has 0 amide bonds. The first-order valence-electron chi connectivity index (χ1n) is 4.81. The van der Waals surface area contributed by atoms with Gasteiger partial charge in [0.05, 0.1) is 0 Å².